The molecule has 84 valence electrons. The second-order valence-corrected chi connectivity index (χ2v) is 3.48. The molecule has 0 saturated carbocycles. The van der Waals surface area contributed by atoms with E-state index in [1.807, 2.05) is 19.2 Å². The van der Waals surface area contributed by atoms with Gasteiger partial charge in [-0.05, 0) is 32.0 Å². The van der Waals surface area contributed by atoms with Crippen molar-refractivity contribution in [3.63, 3.8) is 0 Å². The predicted molar refractivity (Wildman–Crippen MR) is 61.9 cm³/mol. The van der Waals surface area contributed by atoms with Gasteiger partial charge < -0.3 is 10.1 Å². The van der Waals surface area contributed by atoms with E-state index >= 15 is 0 Å². The summed E-state index contributed by atoms with van der Waals surface area (Å²) in [4.78, 5) is 4.41. The molecule has 0 aliphatic carbocycles. The van der Waals surface area contributed by atoms with Crippen molar-refractivity contribution < 1.29 is 4.74 Å². The van der Waals surface area contributed by atoms with E-state index in [1.165, 1.54) is 5.56 Å². The summed E-state index contributed by atoms with van der Waals surface area (Å²) in [6, 6.07) is 4.25. The van der Waals surface area contributed by atoms with Crippen LogP contribution in [-0.4, -0.2) is 24.7 Å². The van der Waals surface area contributed by atoms with Gasteiger partial charge >= 0.3 is 0 Å². The van der Waals surface area contributed by atoms with Crippen molar-refractivity contribution in [2.75, 3.05) is 19.8 Å². The van der Waals surface area contributed by atoms with Gasteiger partial charge in [-0.15, -0.1) is 0 Å². The first-order chi connectivity index (χ1) is 7.29. The number of likely N-dealkylation sites (N-methyl/N-ethyl adjacent to an activating group) is 1. The quantitative estimate of drug-likeness (QED) is 0.777. The second kappa shape index (κ2) is 6.53. The molecule has 0 spiro atoms. The highest BCUT2D eigenvalue weighted by molar-refractivity contribution is 5.21. The van der Waals surface area contributed by atoms with Crippen LogP contribution in [0.25, 0.3) is 0 Å². The van der Waals surface area contributed by atoms with E-state index in [0.717, 1.165) is 18.8 Å². The Morgan fingerprint density at radius 3 is 2.87 bits per heavy atom. The number of nitrogens with zero attached hydrogens (tertiary/aromatic N) is 1. The lowest BCUT2D eigenvalue weighted by atomic mass is 10.1. The Balaban J connectivity index is 2.74. The van der Waals surface area contributed by atoms with E-state index in [9.17, 15) is 0 Å². The molecule has 1 heterocycles. The molecule has 1 atom stereocenters. The lowest BCUT2D eigenvalue weighted by Crippen LogP contribution is -2.27. The largest absolute Gasteiger partial charge is 0.380 e. The molecule has 1 rings (SSSR count). The molecule has 1 aromatic heterocycles. The Hall–Kier alpha value is -0.930. The molecule has 0 radical (unpaired) electrons. The molecule has 0 aliphatic heterocycles. The number of pyridine rings is 1. The summed E-state index contributed by atoms with van der Waals surface area (Å²) in [7, 11) is 0. The third-order valence-corrected chi connectivity index (χ3v) is 2.32. The van der Waals surface area contributed by atoms with Crippen LogP contribution in [0.3, 0.4) is 0 Å². The molecule has 0 amide bonds. The number of hydrogen-bond donors (Lipinski definition) is 1. The van der Waals surface area contributed by atoms with Gasteiger partial charge in [0.05, 0.1) is 18.3 Å². The standard InChI is InChI=1S/C12H20N2O/c1-4-13-11(9-15-5-2)12-10(3)7-6-8-14-12/h6-8,11,13H,4-5,9H2,1-3H3. The molecule has 1 N–H and O–H groups in total. The molecular weight excluding hydrogens is 188 g/mol. The highest BCUT2D eigenvalue weighted by Crippen LogP contribution is 2.14. The lowest BCUT2D eigenvalue weighted by Gasteiger charge is -2.18. The molecule has 0 aliphatic rings. The molecule has 0 fully saturated rings. The van der Waals surface area contributed by atoms with Crippen LogP contribution in [0.1, 0.15) is 31.1 Å². The first-order valence-corrected chi connectivity index (χ1v) is 5.52. The van der Waals surface area contributed by atoms with Crippen LogP contribution < -0.4 is 5.32 Å². The van der Waals surface area contributed by atoms with Crippen molar-refractivity contribution >= 4 is 0 Å². The molecule has 0 bridgehead atoms. The third kappa shape index (κ3) is 3.61. The summed E-state index contributed by atoms with van der Waals surface area (Å²) >= 11 is 0. The van der Waals surface area contributed by atoms with E-state index in [0.29, 0.717) is 6.61 Å². The molecule has 0 saturated heterocycles. The van der Waals surface area contributed by atoms with E-state index in [2.05, 4.69) is 30.2 Å². The van der Waals surface area contributed by atoms with Crippen LogP contribution in [-0.2, 0) is 4.74 Å². The highest BCUT2D eigenvalue weighted by Gasteiger charge is 2.13. The molecule has 0 aromatic carbocycles. The van der Waals surface area contributed by atoms with Gasteiger partial charge in [0.2, 0.25) is 0 Å². The van der Waals surface area contributed by atoms with Gasteiger partial charge in [-0.2, -0.15) is 0 Å². The smallest absolute Gasteiger partial charge is 0.0735 e. The number of ether oxygens (including phenoxy) is 1. The summed E-state index contributed by atoms with van der Waals surface area (Å²) < 4.78 is 5.46. The fraction of sp³-hybridized carbons (Fsp3) is 0.583. The SMILES string of the molecule is CCNC(COCC)c1ncccc1C. The normalized spacial score (nSPS) is 12.7. The molecule has 3 nitrogen and oxygen atoms in total. The van der Waals surface area contributed by atoms with E-state index in [1.54, 1.807) is 0 Å². The number of hydrogen-bond acceptors (Lipinski definition) is 3. The van der Waals surface area contributed by atoms with Gasteiger partial charge in [0.15, 0.2) is 0 Å². The minimum absolute atomic E-state index is 0.205. The highest BCUT2D eigenvalue weighted by atomic mass is 16.5. The average molecular weight is 208 g/mol. The van der Waals surface area contributed by atoms with Crippen LogP contribution in [0, 0.1) is 6.92 Å². The molecular formula is C12H20N2O. The summed E-state index contributed by atoms with van der Waals surface area (Å²) in [5.41, 5.74) is 2.30. The maximum atomic E-state index is 5.46. The Labute approximate surface area is 91.9 Å². The van der Waals surface area contributed by atoms with E-state index in [4.69, 9.17) is 4.74 Å². The third-order valence-electron chi connectivity index (χ3n) is 2.32. The second-order valence-electron chi connectivity index (χ2n) is 3.48. The number of rotatable bonds is 6. The Kier molecular flexibility index (Phi) is 5.29. The van der Waals surface area contributed by atoms with Crippen LogP contribution in [0.2, 0.25) is 0 Å². The van der Waals surface area contributed by atoms with Crippen LogP contribution in [0.5, 0.6) is 0 Å². The lowest BCUT2D eigenvalue weighted by molar-refractivity contribution is 0.122. The van der Waals surface area contributed by atoms with Gasteiger partial charge in [0, 0.05) is 12.8 Å². The zero-order valence-electron chi connectivity index (χ0n) is 9.79. The van der Waals surface area contributed by atoms with Crippen molar-refractivity contribution in [2.45, 2.75) is 26.8 Å². The maximum Gasteiger partial charge on any atom is 0.0735 e. The minimum Gasteiger partial charge on any atom is -0.380 e. The topological polar surface area (TPSA) is 34.1 Å². The van der Waals surface area contributed by atoms with Crippen LogP contribution in [0.4, 0.5) is 0 Å². The number of nitrogens with one attached hydrogen (secondary N) is 1. The summed E-state index contributed by atoms with van der Waals surface area (Å²) in [6.07, 6.45) is 1.83. The van der Waals surface area contributed by atoms with E-state index < -0.39 is 0 Å². The summed E-state index contributed by atoms with van der Waals surface area (Å²) in [5, 5.41) is 3.39. The predicted octanol–water partition coefficient (Wildman–Crippen LogP) is 2.08. The Morgan fingerprint density at radius 2 is 2.27 bits per heavy atom. The van der Waals surface area contributed by atoms with Gasteiger partial charge in [-0.1, -0.05) is 13.0 Å². The zero-order chi connectivity index (χ0) is 11.1. The average Bonchev–Trinajstić information content (AvgIpc) is 2.25. The first-order valence-electron chi connectivity index (χ1n) is 5.52. The van der Waals surface area contributed by atoms with Crippen molar-refractivity contribution in [3.05, 3.63) is 29.6 Å². The minimum atomic E-state index is 0.205. The molecule has 1 unspecified atom stereocenters. The molecule has 15 heavy (non-hydrogen) atoms. The van der Waals surface area contributed by atoms with Crippen LogP contribution >= 0.6 is 0 Å². The maximum absolute atomic E-state index is 5.46. The Morgan fingerprint density at radius 1 is 1.47 bits per heavy atom. The van der Waals surface area contributed by atoms with E-state index in [-0.39, 0.29) is 6.04 Å². The van der Waals surface area contributed by atoms with Gasteiger partial charge in [-0.3, -0.25) is 4.98 Å². The van der Waals surface area contributed by atoms with Crippen molar-refractivity contribution in [2.24, 2.45) is 0 Å². The van der Waals surface area contributed by atoms with Crippen molar-refractivity contribution in [1.29, 1.82) is 0 Å². The van der Waals surface area contributed by atoms with Crippen LogP contribution in [0.15, 0.2) is 18.3 Å². The van der Waals surface area contributed by atoms with Gasteiger partial charge in [0.25, 0.3) is 0 Å². The summed E-state index contributed by atoms with van der Waals surface area (Å²) in [6.45, 7) is 8.54. The molecule has 1 aromatic rings. The van der Waals surface area contributed by atoms with Crippen molar-refractivity contribution in [3.8, 4) is 0 Å². The fourth-order valence-corrected chi connectivity index (χ4v) is 1.58. The molecule has 3 heteroatoms. The van der Waals surface area contributed by atoms with Gasteiger partial charge in [-0.25, -0.2) is 0 Å². The fourth-order valence-electron chi connectivity index (χ4n) is 1.58. The number of aryl methyl sites for hydroxylation is 1. The number of aromatic nitrogens is 1. The van der Waals surface area contributed by atoms with Gasteiger partial charge in [0.1, 0.15) is 0 Å². The monoisotopic (exact) mass is 208 g/mol. The zero-order valence-corrected chi connectivity index (χ0v) is 9.79. The first kappa shape index (κ1) is 12.1. The summed E-state index contributed by atoms with van der Waals surface area (Å²) in [5.74, 6) is 0. The Bertz CT molecular complexity index is 289. The van der Waals surface area contributed by atoms with Crippen molar-refractivity contribution in [1.82, 2.24) is 10.3 Å².